The topological polar surface area (TPSA) is 141 Å². The van der Waals surface area contributed by atoms with Gasteiger partial charge in [0.25, 0.3) is 17.1 Å². The average Bonchev–Trinajstić information content (AvgIpc) is 2.96. The maximum Gasteiger partial charge on any atom is 0.259 e. The van der Waals surface area contributed by atoms with Gasteiger partial charge in [0.2, 0.25) is 2.86 Å². The van der Waals surface area contributed by atoms with Crippen LogP contribution < -0.4 is 0 Å². The van der Waals surface area contributed by atoms with E-state index < -0.39 is 17.1 Å². The van der Waals surface area contributed by atoms with E-state index in [1.54, 1.807) is 0 Å². The Morgan fingerprint density at radius 2 is 1.03 bits per heavy atom. The van der Waals surface area contributed by atoms with Gasteiger partial charge in [-0.15, -0.1) is 0 Å². The number of rotatable bonds is 23. The fourth-order valence-corrected chi connectivity index (χ4v) is 6.22. The zero-order valence-electron chi connectivity index (χ0n) is 29.9. The molecule has 0 saturated carbocycles. The molecule has 2 unspecified atom stereocenters. The lowest BCUT2D eigenvalue weighted by atomic mass is 10.3. The fraction of sp³-hybridized carbons (Fsp3) is 0.923. The third-order valence-corrected chi connectivity index (χ3v) is 8.48. The SMILES string of the molecule is [2H]OCCOCCOP(OCCC#N)N(C(C)C)C(C)C.[2H]OCCOP(OCCC#N)N(C(C)C)C(C)C.[3H]C.[3H]C. The molecule has 0 aromatic rings. The third kappa shape index (κ3) is 23.8. The molecule has 0 heterocycles. The molecule has 0 rings (SSSR count). The van der Waals surface area contributed by atoms with Crippen molar-refractivity contribution < 1.29 is 35.8 Å². The van der Waals surface area contributed by atoms with Crippen LogP contribution >= 0.6 is 17.1 Å². The second kappa shape index (κ2) is 30.4. The molecular formula is C26H58N4O7P2. The quantitative estimate of drug-likeness (QED) is 0.107. The van der Waals surface area contributed by atoms with Gasteiger partial charge in [-0.2, -0.15) is 10.5 Å². The van der Waals surface area contributed by atoms with Crippen LogP contribution in [0.15, 0.2) is 0 Å². The first-order valence-corrected chi connectivity index (χ1v) is 15.0. The molecule has 0 spiro atoms. The van der Waals surface area contributed by atoms with E-state index in [0.29, 0.717) is 52.5 Å². The van der Waals surface area contributed by atoms with Crippen molar-refractivity contribution in [1.82, 2.24) is 9.34 Å². The van der Waals surface area contributed by atoms with Crippen LogP contribution in [0.5, 0.6) is 0 Å². The second-order valence-electron chi connectivity index (χ2n) is 8.78. The van der Waals surface area contributed by atoms with Crippen LogP contribution in [-0.2, 0) is 22.8 Å². The summed E-state index contributed by atoms with van der Waals surface area (Å²) in [4.78, 5) is 0. The predicted molar refractivity (Wildman–Crippen MR) is 161 cm³/mol. The summed E-state index contributed by atoms with van der Waals surface area (Å²) >= 11 is 0. The third-order valence-electron chi connectivity index (χ3n) is 4.27. The highest BCUT2D eigenvalue weighted by molar-refractivity contribution is 7.44. The summed E-state index contributed by atoms with van der Waals surface area (Å²) in [6, 6.07) is 5.26. The lowest BCUT2D eigenvalue weighted by molar-refractivity contribution is 0.0639. The van der Waals surface area contributed by atoms with E-state index in [4.69, 9.17) is 39.0 Å². The lowest BCUT2D eigenvalue weighted by Crippen LogP contribution is -2.34. The molecule has 2 N–H and O–H groups in total. The summed E-state index contributed by atoms with van der Waals surface area (Å²) < 4.78 is 57.0. The van der Waals surface area contributed by atoms with Gasteiger partial charge in [0.05, 0.1) is 77.8 Å². The number of ether oxygens (including phenoxy) is 1. The minimum absolute atomic E-state index is 0.213. The number of nitrogens with zero attached hydrogens (tertiary/aromatic N) is 4. The van der Waals surface area contributed by atoms with Crippen molar-refractivity contribution >= 4 is 17.1 Å². The Kier molecular flexibility index (Phi) is 28.5. The van der Waals surface area contributed by atoms with Crippen LogP contribution in [0, 0.1) is 22.7 Å². The van der Waals surface area contributed by atoms with Crippen LogP contribution in [0.3, 0.4) is 0 Å². The molecule has 0 bridgehead atoms. The fourth-order valence-electron chi connectivity index (χ4n) is 3.08. The molecule has 0 radical (unpaired) electrons. The summed E-state index contributed by atoms with van der Waals surface area (Å²) in [7, 11) is 0.0875. The molecule has 0 aromatic heterocycles. The molecule has 0 amide bonds. The van der Waals surface area contributed by atoms with Crippen molar-refractivity contribution in [1.29, 1.82) is 13.4 Å². The van der Waals surface area contributed by atoms with Gasteiger partial charge in [-0.25, -0.2) is 9.34 Å². The highest BCUT2D eigenvalue weighted by atomic mass is 31.2. The van der Waals surface area contributed by atoms with E-state index >= 15 is 0 Å². The van der Waals surface area contributed by atoms with E-state index in [-0.39, 0.29) is 37.4 Å². The van der Waals surface area contributed by atoms with E-state index in [1.807, 2.05) is 6.07 Å². The zero-order valence-corrected chi connectivity index (χ0v) is 27.7. The van der Waals surface area contributed by atoms with E-state index in [0.717, 1.165) is 0 Å². The number of aliphatic hydroxyl groups excluding tert-OH is 2. The Bertz CT molecular complexity index is 638. The Labute approximate surface area is 248 Å². The Morgan fingerprint density at radius 3 is 1.38 bits per heavy atom. The number of hydrogen-bond donors (Lipinski definition) is 2. The molecule has 11 nitrogen and oxygen atoms in total. The normalized spacial score (nSPS) is 13.6. The van der Waals surface area contributed by atoms with Gasteiger partial charge < -0.3 is 33.0 Å². The van der Waals surface area contributed by atoms with Crippen molar-refractivity contribution in [3.05, 3.63) is 0 Å². The molecule has 0 aliphatic carbocycles. The van der Waals surface area contributed by atoms with Crippen LogP contribution in [0.25, 0.3) is 0 Å². The number of hydrogen-bond acceptors (Lipinski definition) is 11. The minimum Gasteiger partial charge on any atom is -0.394 e. The maximum absolute atomic E-state index is 8.61. The summed E-state index contributed by atoms with van der Waals surface area (Å²) in [5.41, 5.74) is 0. The highest BCUT2D eigenvalue weighted by Crippen LogP contribution is 2.46. The molecule has 0 fully saturated rings. The first kappa shape index (κ1) is 36.5. The van der Waals surface area contributed by atoms with E-state index in [2.05, 4.69) is 81.0 Å². The van der Waals surface area contributed by atoms with E-state index in [9.17, 15) is 0 Å². The Morgan fingerprint density at radius 1 is 0.667 bits per heavy atom. The zero-order chi connectivity index (χ0) is 34.1. The van der Waals surface area contributed by atoms with Gasteiger partial charge in [0.1, 0.15) is 0 Å². The predicted octanol–water partition coefficient (Wildman–Crippen LogP) is 5.83. The van der Waals surface area contributed by atoms with Crippen molar-refractivity contribution in [2.45, 2.75) is 107 Å². The summed E-state index contributed by atoms with van der Waals surface area (Å²) in [5.74, 6) is 0. The Balaban J connectivity index is -0.000000319. The van der Waals surface area contributed by atoms with Gasteiger partial charge in [0.15, 0.2) is 0 Å². The monoisotopic (exact) mass is 606 g/mol. The van der Waals surface area contributed by atoms with Gasteiger partial charge in [-0.1, -0.05) is 14.8 Å². The lowest BCUT2D eigenvalue weighted by Gasteiger charge is -2.35. The van der Waals surface area contributed by atoms with E-state index in [1.165, 1.54) is 14.8 Å². The first-order valence-electron chi connectivity index (χ1n) is 15.6. The standard InChI is InChI=1S/C13H27N2O4P.C11H23N2O3P.2CH4/c1-12(2)15(13(3)4)20(18-8-5-6-14)19-11-10-17-9-7-16;1-10(2)13(11(3)4)17(16-9-7-14)15-8-5-6-12;;/h12-13,16H,5,7-11H2,1-4H3;10-11,14H,5,7-9H2,1-4H3;2*1H4/i16D;14D;2*1T. The van der Waals surface area contributed by atoms with Gasteiger partial charge in [0, 0.05) is 26.9 Å². The number of aliphatic hydroxyl groups is 2. The van der Waals surface area contributed by atoms with Crippen LogP contribution in [0.1, 0.15) is 85.8 Å². The van der Waals surface area contributed by atoms with Crippen molar-refractivity contribution in [3.63, 3.8) is 0 Å². The molecular weight excluding hydrogens is 542 g/mol. The Hall–Kier alpha value is -0.520. The molecule has 0 aliphatic heterocycles. The molecule has 0 aromatic carbocycles. The molecule has 234 valence electrons. The molecule has 2 atom stereocenters. The largest absolute Gasteiger partial charge is 0.394 e. The van der Waals surface area contributed by atoms with Gasteiger partial charge in [-0.05, 0) is 55.4 Å². The van der Waals surface area contributed by atoms with Crippen molar-refractivity contribution in [2.24, 2.45) is 0 Å². The average molecular weight is 607 g/mol. The smallest absolute Gasteiger partial charge is 0.259 e. The molecule has 0 saturated heterocycles. The summed E-state index contributed by atoms with van der Waals surface area (Å²) in [6.07, 6.45) is 0.699. The highest BCUT2D eigenvalue weighted by Gasteiger charge is 2.27. The summed E-state index contributed by atoms with van der Waals surface area (Å²) in [5, 5.41) is 25.5. The van der Waals surface area contributed by atoms with Crippen molar-refractivity contribution in [2.75, 3.05) is 52.9 Å². The number of nitriles is 2. The molecule has 0 aliphatic rings. The minimum atomic E-state index is -1.21. The van der Waals surface area contributed by atoms with Gasteiger partial charge in [-0.3, -0.25) is 0 Å². The second-order valence-corrected chi connectivity index (χ2v) is 11.7. The van der Waals surface area contributed by atoms with Crippen molar-refractivity contribution in [3.8, 4) is 12.1 Å². The van der Waals surface area contributed by atoms with Crippen LogP contribution in [0.2, 0.25) is 0 Å². The molecule has 13 heteroatoms. The van der Waals surface area contributed by atoms with Gasteiger partial charge >= 0.3 is 0 Å². The van der Waals surface area contributed by atoms with Crippen LogP contribution in [-0.4, -0.2) is 99.4 Å². The maximum atomic E-state index is 8.61. The van der Waals surface area contributed by atoms with Crippen LogP contribution in [0.4, 0.5) is 0 Å². The summed E-state index contributed by atoms with van der Waals surface area (Å²) in [6.45, 7) is 19.4. The molecule has 39 heavy (non-hydrogen) atoms. The first-order chi connectivity index (χ1) is 20.6.